The molecule has 20 heavy (non-hydrogen) atoms. The van der Waals surface area contributed by atoms with Crippen LogP contribution < -0.4 is 10.1 Å². The van der Waals surface area contributed by atoms with Crippen LogP contribution in [0.4, 0.5) is 0 Å². The highest BCUT2D eigenvalue weighted by molar-refractivity contribution is 5.38. The summed E-state index contributed by atoms with van der Waals surface area (Å²) in [4.78, 5) is 0. The minimum atomic E-state index is 0.338. The Morgan fingerprint density at radius 2 is 2.25 bits per heavy atom. The fraction of sp³-hybridized carbons (Fsp3) is 0.438. The fourth-order valence-electron chi connectivity index (χ4n) is 2.80. The minimum Gasteiger partial charge on any atom is -0.493 e. The van der Waals surface area contributed by atoms with Gasteiger partial charge >= 0.3 is 0 Å². The summed E-state index contributed by atoms with van der Waals surface area (Å²) in [6.45, 7) is 6.07. The second-order valence-electron chi connectivity index (χ2n) is 5.60. The lowest BCUT2D eigenvalue weighted by Gasteiger charge is -2.34. The van der Waals surface area contributed by atoms with Crippen molar-refractivity contribution in [3.05, 3.63) is 48.3 Å². The lowest BCUT2D eigenvalue weighted by molar-refractivity contribution is 0.179. The maximum absolute atomic E-state index is 5.80. The maximum Gasteiger partial charge on any atom is 0.124 e. The topological polar surface area (TPSA) is 39.1 Å². The molecule has 1 aromatic carbocycles. The van der Waals surface area contributed by atoms with Crippen LogP contribution in [0, 0.1) is 5.92 Å². The van der Waals surface area contributed by atoms with Crippen LogP contribution >= 0.6 is 0 Å². The van der Waals surface area contributed by atoms with E-state index in [0.29, 0.717) is 18.0 Å². The first-order valence-corrected chi connectivity index (χ1v) is 7.19. The second kappa shape index (κ2) is 5.67. The number of benzene rings is 1. The van der Waals surface area contributed by atoms with E-state index in [-0.39, 0.29) is 0 Å². The number of ether oxygens (including phenoxy) is 1. The standard InChI is InChI=1S/C16H21N3O/c1-12-11-20-15-7-4-3-6-14(15)16(12)18-13(2)10-19-9-5-8-17-19/h3-9,12-13,16,18H,10-11H2,1-2H3. The highest BCUT2D eigenvalue weighted by atomic mass is 16.5. The normalized spacial score (nSPS) is 22.9. The number of rotatable bonds is 4. The van der Waals surface area contributed by atoms with Gasteiger partial charge in [-0.05, 0) is 19.1 Å². The molecule has 0 radical (unpaired) electrons. The molecule has 0 spiro atoms. The summed E-state index contributed by atoms with van der Waals surface area (Å²) in [5.41, 5.74) is 1.26. The zero-order valence-corrected chi connectivity index (χ0v) is 12.0. The molecular weight excluding hydrogens is 250 g/mol. The SMILES string of the molecule is CC(Cn1cccn1)NC1c2ccccc2OCC1C. The van der Waals surface area contributed by atoms with Crippen molar-refractivity contribution in [2.45, 2.75) is 32.5 Å². The predicted octanol–water partition coefficient (Wildman–Crippen LogP) is 2.63. The molecule has 1 aliphatic rings. The van der Waals surface area contributed by atoms with E-state index in [1.165, 1.54) is 5.56 Å². The first-order valence-electron chi connectivity index (χ1n) is 7.19. The maximum atomic E-state index is 5.80. The van der Waals surface area contributed by atoms with Gasteiger partial charge in [-0.3, -0.25) is 4.68 Å². The number of nitrogens with one attached hydrogen (secondary N) is 1. The Morgan fingerprint density at radius 3 is 3.05 bits per heavy atom. The molecular formula is C16H21N3O. The Hall–Kier alpha value is -1.81. The summed E-state index contributed by atoms with van der Waals surface area (Å²) in [6.07, 6.45) is 3.82. The smallest absolute Gasteiger partial charge is 0.124 e. The number of fused-ring (bicyclic) bond motifs is 1. The van der Waals surface area contributed by atoms with Gasteiger partial charge in [0.25, 0.3) is 0 Å². The number of hydrogen-bond donors (Lipinski definition) is 1. The highest BCUT2D eigenvalue weighted by Gasteiger charge is 2.28. The van der Waals surface area contributed by atoms with Crippen molar-refractivity contribution in [3.8, 4) is 5.75 Å². The van der Waals surface area contributed by atoms with Crippen LogP contribution in [-0.4, -0.2) is 22.4 Å². The third kappa shape index (κ3) is 2.70. The monoisotopic (exact) mass is 271 g/mol. The van der Waals surface area contributed by atoms with Gasteiger partial charge in [0.2, 0.25) is 0 Å². The molecule has 3 rings (SSSR count). The van der Waals surface area contributed by atoms with Crippen molar-refractivity contribution < 1.29 is 4.74 Å². The third-order valence-electron chi connectivity index (χ3n) is 3.81. The number of hydrogen-bond acceptors (Lipinski definition) is 3. The Labute approximate surface area is 119 Å². The molecule has 0 saturated carbocycles. The van der Waals surface area contributed by atoms with Gasteiger partial charge in [-0.2, -0.15) is 5.10 Å². The van der Waals surface area contributed by atoms with E-state index in [2.05, 4.69) is 36.4 Å². The Bertz CT molecular complexity index is 553. The molecule has 1 aromatic heterocycles. The molecule has 1 N–H and O–H groups in total. The third-order valence-corrected chi connectivity index (χ3v) is 3.81. The van der Waals surface area contributed by atoms with E-state index in [0.717, 1.165) is 18.9 Å². The van der Waals surface area contributed by atoms with Gasteiger partial charge in [-0.25, -0.2) is 0 Å². The molecule has 0 aliphatic carbocycles. The van der Waals surface area contributed by atoms with E-state index in [1.54, 1.807) is 0 Å². The van der Waals surface area contributed by atoms with E-state index >= 15 is 0 Å². The van der Waals surface area contributed by atoms with Crippen LogP contribution in [0.2, 0.25) is 0 Å². The molecule has 0 amide bonds. The Kier molecular flexibility index (Phi) is 3.74. The average molecular weight is 271 g/mol. The van der Waals surface area contributed by atoms with Crippen molar-refractivity contribution >= 4 is 0 Å². The van der Waals surface area contributed by atoms with Crippen LogP contribution in [-0.2, 0) is 6.54 Å². The molecule has 0 fully saturated rings. The highest BCUT2D eigenvalue weighted by Crippen LogP contribution is 2.35. The Balaban J connectivity index is 1.73. The summed E-state index contributed by atoms with van der Waals surface area (Å²) in [7, 11) is 0. The molecule has 2 aromatic rings. The quantitative estimate of drug-likeness (QED) is 0.929. The second-order valence-corrected chi connectivity index (χ2v) is 5.60. The lowest BCUT2D eigenvalue weighted by Crippen LogP contribution is -2.40. The number of nitrogens with zero attached hydrogens (tertiary/aromatic N) is 2. The van der Waals surface area contributed by atoms with Crippen LogP contribution in [0.3, 0.4) is 0 Å². The van der Waals surface area contributed by atoms with Gasteiger partial charge < -0.3 is 10.1 Å². The summed E-state index contributed by atoms with van der Waals surface area (Å²) < 4.78 is 7.76. The van der Waals surface area contributed by atoms with Crippen molar-refractivity contribution in [3.63, 3.8) is 0 Å². The molecule has 2 heterocycles. The van der Waals surface area contributed by atoms with Crippen LogP contribution in [0.5, 0.6) is 5.75 Å². The molecule has 1 aliphatic heterocycles. The Morgan fingerprint density at radius 1 is 1.40 bits per heavy atom. The van der Waals surface area contributed by atoms with E-state index in [4.69, 9.17) is 4.74 Å². The zero-order valence-electron chi connectivity index (χ0n) is 12.0. The summed E-state index contributed by atoms with van der Waals surface area (Å²) in [6, 6.07) is 11.0. The van der Waals surface area contributed by atoms with Crippen LogP contribution in [0.25, 0.3) is 0 Å². The van der Waals surface area contributed by atoms with E-state index in [1.807, 2.05) is 35.3 Å². The summed E-state index contributed by atoms with van der Waals surface area (Å²) >= 11 is 0. The van der Waals surface area contributed by atoms with Gasteiger partial charge in [0.05, 0.1) is 13.2 Å². The molecule has 106 valence electrons. The van der Waals surface area contributed by atoms with Crippen molar-refractivity contribution in [2.24, 2.45) is 5.92 Å². The minimum absolute atomic E-state index is 0.338. The molecule has 3 unspecified atom stereocenters. The summed E-state index contributed by atoms with van der Waals surface area (Å²) in [5.74, 6) is 1.47. The average Bonchev–Trinajstić information content (AvgIpc) is 2.95. The van der Waals surface area contributed by atoms with Crippen molar-refractivity contribution in [1.82, 2.24) is 15.1 Å². The van der Waals surface area contributed by atoms with Gasteiger partial charge in [0, 0.05) is 36.0 Å². The van der Waals surface area contributed by atoms with Gasteiger partial charge in [0.1, 0.15) is 5.75 Å². The number of aromatic nitrogens is 2. The van der Waals surface area contributed by atoms with Crippen molar-refractivity contribution in [1.29, 1.82) is 0 Å². The summed E-state index contributed by atoms with van der Waals surface area (Å²) in [5, 5.41) is 7.99. The molecule has 3 atom stereocenters. The van der Waals surface area contributed by atoms with E-state index < -0.39 is 0 Å². The number of para-hydroxylation sites is 1. The lowest BCUT2D eigenvalue weighted by atomic mass is 9.91. The van der Waals surface area contributed by atoms with Gasteiger partial charge in [0.15, 0.2) is 0 Å². The first kappa shape index (κ1) is 13.2. The van der Waals surface area contributed by atoms with E-state index in [9.17, 15) is 0 Å². The molecule has 4 heteroatoms. The van der Waals surface area contributed by atoms with Gasteiger partial charge in [-0.1, -0.05) is 25.1 Å². The van der Waals surface area contributed by atoms with Crippen LogP contribution in [0.15, 0.2) is 42.7 Å². The molecule has 0 bridgehead atoms. The molecule has 4 nitrogen and oxygen atoms in total. The van der Waals surface area contributed by atoms with Crippen LogP contribution in [0.1, 0.15) is 25.5 Å². The largest absolute Gasteiger partial charge is 0.493 e. The fourth-order valence-corrected chi connectivity index (χ4v) is 2.80. The molecule has 0 saturated heterocycles. The van der Waals surface area contributed by atoms with Gasteiger partial charge in [-0.15, -0.1) is 0 Å². The van der Waals surface area contributed by atoms with Crippen molar-refractivity contribution in [2.75, 3.05) is 6.61 Å². The first-order chi connectivity index (χ1) is 9.74. The zero-order chi connectivity index (χ0) is 13.9. The predicted molar refractivity (Wildman–Crippen MR) is 78.7 cm³/mol.